The Hall–Kier alpha value is -1.59. The van der Waals surface area contributed by atoms with E-state index in [1.54, 1.807) is 24.3 Å². The van der Waals surface area contributed by atoms with Crippen LogP contribution in [0.25, 0.3) is 0 Å². The third-order valence-electron chi connectivity index (χ3n) is 3.20. The minimum atomic E-state index is -0.422. The summed E-state index contributed by atoms with van der Waals surface area (Å²) in [5.41, 5.74) is 0.482. The largest absolute Gasteiger partial charge is 0.378 e. The van der Waals surface area contributed by atoms with Gasteiger partial charge in [-0.25, -0.2) is 9.69 Å². The summed E-state index contributed by atoms with van der Waals surface area (Å²) < 4.78 is 5.23. The molecule has 2 unspecified atom stereocenters. The van der Waals surface area contributed by atoms with E-state index >= 15 is 0 Å². The van der Waals surface area contributed by atoms with Crippen LogP contribution in [-0.4, -0.2) is 31.2 Å². The van der Waals surface area contributed by atoms with E-state index in [-0.39, 0.29) is 17.9 Å². The molecule has 3 amide bonds. The standard InChI is InChI=1S/C12H11ClN2O3/c13-7-2-1-3-8(4-7)15-11(16)9-5-18-6-10(9)14-12(15)17/h1-4,9-10H,5-6H2,(H,14,17). The van der Waals surface area contributed by atoms with Gasteiger partial charge < -0.3 is 10.1 Å². The Morgan fingerprint density at radius 2 is 2.17 bits per heavy atom. The van der Waals surface area contributed by atoms with Gasteiger partial charge in [0.05, 0.1) is 30.9 Å². The number of hydrogen-bond donors (Lipinski definition) is 1. The zero-order valence-electron chi connectivity index (χ0n) is 9.43. The molecule has 2 fully saturated rings. The molecular weight excluding hydrogens is 256 g/mol. The van der Waals surface area contributed by atoms with Crippen molar-refractivity contribution in [3.05, 3.63) is 29.3 Å². The number of fused-ring (bicyclic) bond motifs is 1. The van der Waals surface area contributed by atoms with Gasteiger partial charge in [0.15, 0.2) is 0 Å². The van der Waals surface area contributed by atoms with Gasteiger partial charge in [-0.3, -0.25) is 4.79 Å². The van der Waals surface area contributed by atoms with E-state index in [9.17, 15) is 9.59 Å². The second-order valence-electron chi connectivity index (χ2n) is 4.35. The zero-order valence-corrected chi connectivity index (χ0v) is 10.2. The van der Waals surface area contributed by atoms with E-state index in [2.05, 4.69) is 5.32 Å². The fraction of sp³-hybridized carbons (Fsp3) is 0.333. The van der Waals surface area contributed by atoms with Crippen LogP contribution in [0.5, 0.6) is 0 Å². The molecule has 18 heavy (non-hydrogen) atoms. The maximum absolute atomic E-state index is 12.3. The molecule has 0 bridgehead atoms. The Kier molecular flexibility index (Phi) is 2.72. The molecule has 2 saturated heterocycles. The van der Waals surface area contributed by atoms with Gasteiger partial charge >= 0.3 is 6.03 Å². The molecule has 1 N–H and O–H groups in total. The smallest absolute Gasteiger partial charge is 0.329 e. The van der Waals surface area contributed by atoms with Crippen LogP contribution in [-0.2, 0) is 9.53 Å². The quantitative estimate of drug-likeness (QED) is 0.836. The molecule has 6 heteroatoms. The minimum absolute atomic E-state index is 0.208. The molecule has 0 spiro atoms. The summed E-state index contributed by atoms with van der Waals surface area (Å²) in [5.74, 6) is -0.537. The maximum atomic E-state index is 12.3. The van der Waals surface area contributed by atoms with Crippen molar-refractivity contribution in [3.8, 4) is 0 Å². The van der Waals surface area contributed by atoms with Crippen LogP contribution in [0.15, 0.2) is 24.3 Å². The molecule has 1 aromatic carbocycles. The summed E-state index contributed by atoms with van der Waals surface area (Å²) in [7, 11) is 0. The van der Waals surface area contributed by atoms with E-state index in [0.29, 0.717) is 23.9 Å². The number of anilines is 1. The SMILES string of the molecule is O=C1NC2COCC2C(=O)N1c1cccc(Cl)c1. The van der Waals surface area contributed by atoms with Gasteiger partial charge in [0.2, 0.25) is 5.91 Å². The van der Waals surface area contributed by atoms with Gasteiger partial charge in [-0.1, -0.05) is 17.7 Å². The molecule has 2 aliphatic rings. The average Bonchev–Trinajstić information content (AvgIpc) is 2.77. The fourth-order valence-corrected chi connectivity index (χ4v) is 2.47. The molecule has 2 atom stereocenters. The number of rotatable bonds is 1. The zero-order chi connectivity index (χ0) is 12.7. The summed E-state index contributed by atoms with van der Waals surface area (Å²) >= 11 is 5.88. The van der Waals surface area contributed by atoms with Gasteiger partial charge in [0.25, 0.3) is 0 Å². The van der Waals surface area contributed by atoms with Crippen molar-refractivity contribution in [3.63, 3.8) is 0 Å². The first-order chi connectivity index (χ1) is 8.66. The number of benzene rings is 1. The van der Waals surface area contributed by atoms with Crippen LogP contribution in [0.2, 0.25) is 5.02 Å². The first kappa shape index (κ1) is 11.5. The van der Waals surface area contributed by atoms with Crippen molar-refractivity contribution < 1.29 is 14.3 Å². The number of carbonyl (C=O) groups excluding carboxylic acids is 2. The van der Waals surface area contributed by atoms with Gasteiger partial charge in [-0.05, 0) is 18.2 Å². The predicted octanol–water partition coefficient (Wildman–Crippen LogP) is 1.41. The second kappa shape index (κ2) is 4.26. The van der Waals surface area contributed by atoms with Gasteiger partial charge in [-0.15, -0.1) is 0 Å². The number of imide groups is 1. The van der Waals surface area contributed by atoms with Crippen LogP contribution in [0.4, 0.5) is 10.5 Å². The lowest BCUT2D eigenvalue weighted by molar-refractivity contribution is -0.122. The lowest BCUT2D eigenvalue weighted by Gasteiger charge is -2.32. The number of ether oxygens (including phenoxy) is 1. The highest BCUT2D eigenvalue weighted by Crippen LogP contribution is 2.27. The molecule has 0 aromatic heterocycles. The molecule has 2 aliphatic heterocycles. The Morgan fingerprint density at radius 1 is 1.33 bits per heavy atom. The molecule has 2 heterocycles. The summed E-state index contributed by atoms with van der Waals surface area (Å²) in [6, 6.07) is 6.04. The highest BCUT2D eigenvalue weighted by Gasteiger charge is 2.44. The molecule has 1 aromatic rings. The van der Waals surface area contributed by atoms with E-state index in [0.717, 1.165) is 4.90 Å². The van der Waals surface area contributed by atoms with Gasteiger partial charge in [0.1, 0.15) is 0 Å². The molecule has 3 rings (SSSR count). The lowest BCUT2D eigenvalue weighted by Crippen LogP contribution is -2.60. The first-order valence-electron chi connectivity index (χ1n) is 5.64. The van der Waals surface area contributed by atoms with Crippen molar-refractivity contribution in [2.75, 3.05) is 18.1 Å². The van der Waals surface area contributed by atoms with Crippen LogP contribution < -0.4 is 10.2 Å². The highest BCUT2D eigenvalue weighted by atomic mass is 35.5. The molecule has 0 aliphatic carbocycles. The predicted molar refractivity (Wildman–Crippen MR) is 65.6 cm³/mol. The van der Waals surface area contributed by atoms with Crippen molar-refractivity contribution in [1.82, 2.24) is 5.32 Å². The van der Waals surface area contributed by atoms with Crippen molar-refractivity contribution in [1.29, 1.82) is 0 Å². The molecule has 0 saturated carbocycles. The summed E-state index contributed by atoms with van der Waals surface area (Å²) in [5, 5.41) is 3.26. The third-order valence-corrected chi connectivity index (χ3v) is 3.43. The highest BCUT2D eigenvalue weighted by molar-refractivity contribution is 6.31. The van der Waals surface area contributed by atoms with E-state index < -0.39 is 6.03 Å². The monoisotopic (exact) mass is 266 g/mol. The van der Waals surface area contributed by atoms with E-state index in [4.69, 9.17) is 16.3 Å². The van der Waals surface area contributed by atoms with Gasteiger partial charge in [-0.2, -0.15) is 0 Å². The van der Waals surface area contributed by atoms with E-state index in [1.165, 1.54) is 0 Å². The van der Waals surface area contributed by atoms with Crippen LogP contribution in [0.3, 0.4) is 0 Å². The Labute approximate surface area is 109 Å². The number of halogens is 1. The summed E-state index contributed by atoms with van der Waals surface area (Å²) in [6.45, 7) is 0.742. The molecule has 5 nitrogen and oxygen atoms in total. The number of nitrogens with one attached hydrogen (secondary N) is 1. The minimum Gasteiger partial charge on any atom is -0.378 e. The van der Waals surface area contributed by atoms with E-state index in [1.807, 2.05) is 0 Å². The maximum Gasteiger partial charge on any atom is 0.329 e. The Bertz CT molecular complexity index is 520. The van der Waals surface area contributed by atoms with Crippen LogP contribution >= 0.6 is 11.6 Å². The number of nitrogens with zero attached hydrogens (tertiary/aromatic N) is 1. The molecule has 0 radical (unpaired) electrons. The normalized spacial score (nSPS) is 27.1. The van der Waals surface area contributed by atoms with Crippen LogP contribution in [0.1, 0.15) is 0 Å². The lowest BCUT2D eigenvalue weighted by atomic mass is 9.99. The topological polar surface area (TPSA) is 58.6 Å². The van der Waals surface area contributed by atoms with Crippen molar-refractivity contribution in [2.45, 2.75) is 6.04 Å². The number of urea groups is 1. The van der Waals surface area contributed by atoms with Crippen molar-refractivity contribution in [2.24, 2.45) is 5.92 Å². The average molecular weight is 267 g/mol. The molecular formula is C12H11ClN2O3. The summed E-state index contributed by atoms with van der Waals surface area (Å²) in [4.78, 5) is 25.4. The van der Waals surface area contributed by atoms with Crippen molar-refractivity contribution >= 4 is 29.2 Å². The Balaban J connectivity index is 1.96. The number of amides is 3. The molecule has 94 valence electrons. The third kappa shape index (κ3) is 1.76. The first-order valence-corrected chi connectivity index (χ1v) is 6.02. The number of carbonyl (C=O) groups is 2. The second-order valence-corrected chi connectivity index (χ2v) is 4.79. The van der Waals surface area contributed by atoms with Gasteiger partial charge in [0, 0.05) is 5.02 Å². The number of hydrogen-bond acceptors (Lipinski definition) is 3. The van der Waals surface area contributed by atoms with Crippen LogP contribution in [0, 0.1) is 5.92 Å². The Morgan fingerprint density at radius 3 is 2.94 bits per heavy atom. The fourth-order valence-electron chi connectivity index (χ4n) is 2.29. The summed E-state index contributed by atoms with van der Waals surface area (Å²) in [6.07, 6.45) is 0.